The largest absolute Gasteiger partial charge is 0.497 e. The van der Waals surface area contributed by atoms with Gasteiger partial charge in [-0.1, -0.05) is 0 Å². The quantitative estimate of drug-likeness (QED) is 0.637. The highest BCUT2D eigenvalue weighted by molar-refractivity contribution is 5.73. The molecule has 0 aliphatic heterocycles. The molecule has 26 heavy (non-hydrogen) atoms. The van der Waals surface area contributed by atoms with Gasteiger partial charge in [0.1, 0.15) is 36.2 Å². The number of carbonyl (C=O) groups excluding carboxylic acids is 1. The Kier molecular flexibility index (Phi) is 7.92. The van der Waals surface area contributed by atoms with E-state index in [0.717, 1.165) is 23.0 Å². The van der Waals surface area contributed by atoms with Gasteiger partial charge in [0.2, 0.25) is 0 Å². The van der Waals surface area contributed by atoms with Crippen LogP contribution in [0.15, 0.2) is 48.5 Å². The molecule has 0 saturated heterocycles. The second kappa shape index (κ2) is 10.7. The van der Waals surface area contributed by atoms with E-state index in [1.54, 1.807) is 14.2 Å². The van der Waals surface area contributed by atoms with Crippen molar-refractivity contribution in [3.05, 3.63) is 48.5 Å². The zero-order chi connectivity index (χ0) is 18.6. The van der Waals surface area contributed by atoms with Crippen molar-refractivity contribution in [3.63, 3.8) is 0 Å². The Morgan fingerprint density at radius 2 is 1.04 bits per heavy atom. The molecule has 2 rings (SSSR count). The van der Waals surface area contributed by atoms with Crippen LogP contribution in [0.3, 0.4) is 0 Å². The summed E-state index contributed by atoms with van der Waals surface area (Å²) in [5, 5.41) is 5.43. The average molecular weight is 360 g/mol. The van der Waals surface area contributed by atoms with Crippen LogP contribution < -0.4 is 29.6 Å². The number of carbonyl (C=O) groups is 1. The number of rotatable bonds is 10. The summed E-state index contributed by atoms with van der Waals surface area (Å²) in [4.78, 5) is 11.7. The van der Waals surface area contributed by atoms with Gasteiger partial charge in [0.15, 0.2) is 0 Å². The third-order valence-corrected chi connectivity index (χ3v) is 3.43. The van der Waals surface area contributed by atoms with Gasteiger partial charge in [-0.05, 0) is 48.5 Å². The SMILES string of the molecule is COc1ccc(OCCNC(=O)NCCOc2ccc(OC)cc2)cc1. The minimum Gasteiger partial charge on any atom is -0.497 e. The minimum absolute atomic E-state index is 0.262. The summed E-state index contributed by atoms with van der Waals surface area (Å²) in [7, 11) is 3.22. The molecule has 7 heteroatoms. The molecular formula is C19H24N2O5. The lowest BCUT2D eigenvalue weighted by Gasteiger charge is -2.10. The van der Waals surface area contributed by atoms with Gasteiger partial charge in [-0.2, -0.15) is 0 Å². The van der Waals surface area contributed by atoms with E-state index < -0.39 is 0 Å². The van der Waals surface area contributed by atoms with Crippen LogP contribution in [-0.2, 0) is 0 Å². The van der Waals surface area contributed by atoms with E-state index >= 15 is 0 Å². The molecule has 2 N–H and O–H groups in total. The summed E-state index contributed by atoms with van der Waals surface area (Å²) >= 11 is 0. The van der Waals surface area contributed by atoms with Gasteiger partial charge >= 0.3 is 6.03 Å². The lowest BCUT2D eigenvalue weighted by atomic mass is 10.3. The zero-order valence-corrected chi connectivity index (χ0v) is 15.0. The van der Waals surface area contributed by atoms with Crippen LogP contribution in [-0.4, -0.2) is 46.6 Å². The number of hydrogen-bond acceptors (Lipinski definition) is 5. The zero-order valence-electron chi connectivity index (χ0n) is 15.0. The second-order valence-corrected chi connectivity index (χ2v) is 5.23. The van der Waals surface area contributed by atoms with Crippen molar-refractivity contribution in [2.75, 3.05) is 40.5 Å². The molecule has 0 atom stereocenters. The highest BCUT2D eigenvalue weighted by atomic mass is 16.5. The van der Waals surface area contributed by atoms with E-state index in [0.29, 0.717) is 26.3 Å². The molecule has 0 saturated carbocycles. The fourth-order valence-corrected chi connectivity index (χ4v) is 2.07. The standard InChI is InChI=1S/C19H24N2O5/c1-23-15-3-7-17(8-4-15)25-13-11-20-19(22)21-12-14-26-18-9-5-16(24-2)6-10-18/h3-10H,11-14H2,1-2H3,(H2,20,21,22). The maximum absolute atomic E-state index is 11.7. The molecule has 2 aromatic carbocycles. The van der Waals surface area contributed by atoms with Crippen molar-refractivity contribution >= 4 is 6.03 Å². The maximum Gasteiger partial charge on any atom is 0.315 e. The van der Waals surface area contributed by atoms with Gasteiger partial charge in [-0.15, -0.1) is 0 Å². The molecule has 0 radical (unpaired) electrons. The Bertz CT molecular complexity index is 601. The molecule has 0 aliphatic carbocycles. The molecule has 0 spiro atoms. The van der Waals surface area contributed by atoms with Crippen molar-refractivity contribution in [3.8, 4) is 23.0 Å². The van der Waals surface area contributed by atoms with Crippen LogP contribution in [0.5, 0.6) is 23.0 Å². The van der Waals surface area contributed by atoms with Crippen LogP contribution in [0.2, 0.25) is 0 Å². The summed E-state index contributed by atoms with van der Waals surface area (Å²) in [6, 6.07) is 14.3. The number of ether oxygens (including phenoxy) is 4. The first-order chi connectivity index (χ1) is 12.7. The van der Waals surface area contributed by atoms with Crippen molar-refractivity contribution in [2.45, 2.75) is 0 Å². The molecule has 0 fully saturated rings. The van der Waals surface area contributed by atoms with E-state index in [9.17, 15) is 4.79 Å². The minimum atomic E-state index is -0.262. The van der Waals surface area contributed by atoms with E-state index in [1.807, 2.05) is 48.5 Å². The first kappa shape index (κ1) is 19.2. The first-order valence-electron chi connectivity index (χ1n) is 8.26. The predicted octanol–water partition coefficient (Wildman–Crippen LogP) is 2.46. The van der Waals surface area contributed by atoms with Crippen LogP contribution >= 0.6 is 0 Å². The van der Waals surface area contributed by atoms with Crippen molar-refractivity contribution in [1.29, 1.82) is 0 Å². The normalized spacial score (nSPS) is 9.92. The summed E-state index contributed by atoms with van der Waals surface area (Å²) in [5.74, 6) is 2.99. The molecule has 0 aromatic heterocycles. The van der Waals surface area contributed by atoms with Gasteiger partial charge in [0.05, 0.1) is 27.3 Å². The number of benzene rings is 2. The van der Waals surface area contributed by atoms with Crippen molar-refractivity contribution in [1.82, 2.24) is 10.6 Å². The van der Waals surface area contributed by atoms with Crippen molar-refractivity contribution in [2.24, 2.45) is 0 Å². The Labute approximate surface area is 153 Å². The van der Waals surface area contributed by atoms with Crippen LogP contribution in [0.25, 0.3) is 0 Å². The fraction of sp³-hybridized carbons (Fsp3) is 0.316. The molecule has 140 valence electrons. The second-order valence-electron chi connectivity index (χ2n) is 5.23. The summed E-state index contributed by atoms with van der Waals surface area (Å²) in [6.07, 6.45) is 0. The van der Waals surface area contributed by atoms with Crippen LogP contribution in [0.4, 0.5) is 4.79 Å². The molecular weight excluding hydrogens is 336 g/mol. The molecule has 7 nitrogen and oxygen atoms in total. The number of methoxy groups -OCH3 is 2. The molecule has 2 amide bonds. The third kappa shape index (κ3) is 6.80. The van der Waals surface area contributed by atoms with Crippen molar-refractivity contribution < 1.29 is 23.7 Å². The molecule has 0 unspecified atom stereocenters. The molecule has 0 heterocycles. The average Bonchev–Trinajstić information content (AvgIpc) is 2.69. The third-order valence-electron chi connectivity index (χ3n) is 3.43. The Morgan fingerprint density at radius 1 is 0.692 bits per heavy atom. The topological polar surface area (TPSA) is 78.1 Å². The van der Waals surface area contributed by atoms with Crippen LogP contribution in [0.1, 0.15) is 0 Å². The summed E-state index contributed by atoms with van der Waals surface area (Å²) in [5.41, 5.74) is 0. The van der Waals surface area contributed by atoms with E-state index in [-0.39, 0.29) is 6.03 Å². The van der Waals surface area contributed by atoms with Gasteiger partial charge < -0.3 is 29.6 Å². The monoisotopic (exact) mass is 360 g/mol. The Balaban J connectivity index is 1.52. The lowest BCUT2D eigenvalue weighted by Crippen LogP contribution is -2.39. The first-order valence-corrected chi connectivity index (χ1v) is 8.26. The number of nitrogens with one attached hydrogen (secondary N) is 2. The van der Waals surface area contributed by atoms with Gasteiger partial charge in [0, 0.05) is 0 Å². The van der Waals surface area contributed by atoms with Crippen LogP contribution in [0, 0.1) is 0 Å². The maximum atomic E-state index is 11.7. The molecule has 0 aliphatic rings. The Hall–Kier alpha value is -3.09. The molecule has 2 aromatic rings. The van der Waals surface area contributed by atoms with E-state index in [1.165, 1.54) is 0 Å². The Morgan fingerprint density at radius 3 is 1.38 bits per heavy atom. The predicted molar refractivity (Wildman–Crippen MR) is 98.4 cm³/mol. The van der Waals surface area contributed by atoms with E-state index in [2.05, 4.69) is 10.6 Å². The smallest absolute Gasteiger partial charge is 0.315 e. The van der Waals surface area contributed by atoms with Gasteiger partial charge in [-0.3, -0.25) is 0 Å². The summed E-state index contributed by atoms with van der Waals surface area (Å²) < 4.78 is 21.2. The molecule has 0 bridgehead atoms. The highest BCUT2D eigenvalue weighted by Crippen LogP contribution is 2.17. The summed E-state index contributed by atoms with van der Waals surface area (Å²) in [6.45, 7) is 1.55. The van der Waals surface area contributed by atoms with Gasteiger partial charge in [-0.25, -0.2) is 4.79 Å². The van der Waals surface area contributed by atoms with E-state index in [4.69, 9.17) is 18.9 Å². The number of amides is 2. The highest BCUT2D eigenvalue weighted by Gasteiger charge is 2.01. The number of hydrogen-bond donors (Lipinski definition) is 2. The number of urea groups is 1. The lowest BCUT2D eigenvalue weighted by molar-refractivity contribution is 0.232. The fourth-order valence-electron chi connectivity index (χ4n) is 2.07. The van der Waals surface area contributed by atoms with Gasteiger partial charge in [0.25, 0.3) is 0 Å².